The number of primary amides is 1. The molecule has 3 aromatic rings. The first-order chi connectivity index (χ1) is 19.4. The van der Waals surface area contributed by atoms with E-state index >= 15 is 0 Å². The molecule has 2 aromatic heterocycles. The number of oxazole rings is 1. The van der Waals surface area contributed by atoms with Crippen LogP contribution in [-0.2, 0) is 20.8 Å². The molecule has 0 radical (unpaired) electrons. The van der Waals surface area contributed by atoms with Crippen molar-refractivity contribution in [1.82, 2.24) is 14.9 Å². The number of fused-ring (bicyclic) bond motifs is 5. The van der Waals surface area contributed by atoms with Crippen LogP contribution in [0.3, 0.4) is 0 Å². The van der Waals surface area contributed by atoms with Crippen molar-refractivity contribution in [3.05, 3.63) is 58.6 Å². The average Bonchev–Trinajstić information content (AvgIpc) is 3.34. The fourth-order valence-corrected chi connectivity index (χ4v) is 6.70. The van der Waals surface area contributed by atoms with Gasteiger partial charge in [-0.15, -0.1) is 0 Å². The van der Waals surface area contributed by atoms with E-state index in [-0.39, 0.29) is 29.6 Å². The monoisotopic (exact) mass is 559 g/mol. The summed E-state index contributed by atoms with van der Waals surface area (Å²) < 4.78 is 6.14. The molecule has 12 heteroatoms. The second-order valence-electron chi connectivity index (χ2n) is 11.2. The lowest BCUT2D eigenvalue weighted by Gasteiger charge is -2.50. The number of nitrogens with zero attached hydrogens (tertiary/aromatic N) is 4. The van der Waals surface area contributed by atoms with E-state index < -0.39 is 58.0 Å². The summed E-state index contributed by atoms with van der Waals surface area (Å²) in [4.78, 5) is 51.6. The third-order valence-corrected chi connectivity index (χ3v) is 8.49. The first-order valence-corrected chi connectivity index (χ1v) is 13.1. The maximum Gasteiger partial charge on any atom is 0.255 e. The second kappa shape index (κ2) is 8.98. The number of hydrogen-bond acceptors (Lipinski definition) is 11. The van der Waals surface area contributed by atoms with E-state index in [2.05, 4.69) is 9.97 Å². The van der Waals surface area contributed by atoms with Crippen LogP contribution < -0.4 is 10.6 Å². The number of Topliss-reactive ketones (excluding diaryl/α,β-unsaturated/α-hetero) is 2. The highest BCUT2D eigenvalue weighted by atomic mass is 16.4. The molecule has 5 N–H and O–H groups in total. The molecule has 3 aliphatic rings. The maximum absolute atomic E-state index is 14.2. The minimum absolute atomic E-state index is 0.0648. The van der Waals surface area contributed by atoms with Gasteiger partial charge in [-0.2, -0.15) is 0 Å². The summed E-state index contributed by atoms with van der Waals surface area (Å²) in [6.07, 6.45) is 3.55. The van der Waals surface area contributed by atoms with Gasteiger partial charge >= 0.3 is 0 Å². The summed E-state index contributed by atoms with van der Waals surface area (Å²) in [5.74, 6) is -5.91. The Balaban J connectivity index is 1.61. The highest BCUT2D eigenvalue weighted by molar-refractivity contribution is 6.24. The van der Waals surface area contributed by atoms with E-state index in [4.69, 9.17) is 10.2 Å². The SMILES string of the molecule is CN(C)c1cc2nc(-c3ccncc3)oc2c2c1C[C@H]1C[C@H]3[C@H](N(C)C)C(=O)C(C(N)=O)=C(O)[C@@]3(O)C(=O)C1=C2O. The Bertz CT molecular complexity index is 1720. The van der Waals surface area contributed by atoms with E-state index in [1.165, 1.54) is 4.90 Å². The number of aliphatic hydroxyl groups is 3. The Labute approximate surface area is 234 Å². The van der Waals surface area contributed by atoms with Crippen molar-refractivity contribution >= 4 is 40.0 Å². The van der Waals surface area contributed by atoms with Gasteiger partial charge in [-0.3, -0.25) is 24.3 Å². The standard InChI is InChI=1S/C29H29N5O7/c1-33(2)17-11-16-24(41-28(32-16)12-5-7-31-8-6-12)19-14(17)9-13-10-15-21(34(3)4)23(36)20(27(30)39)26(38)29(15,40)25(37)18(13)22(19)35/h5-8,11,13,15,21,35,38,40H,9-10H2,1-4H3,(H2,30,39)/t13-,15-,21-,29-/m0/s1. The molecule has 41 heavy (non-hydrogen) atoms. The van der Waals surface area contributed by atoms with Crippen LogP contribution in [0.1, 0.15) is 17.5 Å². The van der Waals surface area contributed by atoms with E-state index in [0.717, 1.165) is 5.69 Å². The smallest absolute Gasteiger partial charge is 0.255 e. The Morgan fingerprint density at radius 2 is 1.83 bits per heavy atom. The lowest BCUT2D eigenvalue weighted by Crippen LogP contribution is -2.65. The molecule has 1 amide bonds. The third kappa shape index (κ3) is 3.57. The minimum Gasteiger partial charge on any atom is -0.508 e. The van der Waals surface area contributed by atoms with Crippen LogP contribution in [0, 0.1) is 11.8 Å². The number of amides is 1. The summed E-state index contributed by atoms with van der Waals surface area (Å²) >= 11 is 0. The van der Waals surface area contributed by atoms with Gasteiger partial charge in [0, 0.05) is 49.2 Å². The Morgan fingerprint density at radius 1 is 1.15 bits per heavy atom. The van der Waals surface area contributed by atoms with Gasteiger partial charge in [-0.05, 0) is 56.6 Å². The van der Waals surface area contributed by atoms with Gasteiger partial charge in [-0.25, -0.2) is 4.98 Å². The predicted octanol–water partition coefficient (Wildman–Crippen LogP) is 1.53. The molecule has 0 spiro atoms. The molecule has 0 bridgehead atoms. The van der Waals surface area contributed by atoms with Crippen LogP contribution in [-0.4, -0.2) is 87.5 Å². The molecule has 1 fully saturated rings. The summed E-state index contributed by atoms with van der Waals surface area (Å²) in [5.41, 5.74) is 4.92. The summed E-state index contributed by atoms with van der Waals surface area (Å²) in [5, 5.41) is 34.7. The number of hydrogen-bond donors (Lipinski definition) is 4. The van der Waals surface area contributed by atoms with Gasteiger partial charge in [0.2, 0.25) is 11.7 Å². The molecule has 1 saturated carbocycles. The van der Waals surface area contributed by atoms with Crippen molar-refractivity contribution in [2.24, 2.45) is 17.6 Å². The zero-order valence-corrected chi connectivity index (χ0v) is 22.9. The number of carbonyl (C=O) groups is 3. The van der Waals surface area contributed by atoms with E-state index in [1.54, 1.807) is 38.6 Å². The fourth-order valence-electron chi connectivity index (χ4n) is 6.70. The minimum atomic E-state index is -2.65. The van der Waals surface area contributed by atoms with Gasteiger partial charge in [-0.1, -0.05) is 0 Å². The molecule has 6 rings (SSSR count). The third-order valence-electron chi connectivity index (χ3n) is 8.49. The van der Waals surface area contributed by atoms with Crippen LogP contribution in [0.4, 0.5) is 5.69 Å². The van der Waals surface area contributed by atoms with E-state index in [9.17, 15) is 29.7 Å². The number of rotatable bonds is 4. The van der Waals surface area contributed by atoms with E-state index in [1.807, 2.05) is 25.1 Å². The molecule has 0 unspecified atom stereocenters. The average molecular weight is 560 g/mol. The van der Waals surface area contributed by atoms with Gasteiger partial charge in [0.1, 0.15) is 22.6 Å². The number of likely N-dealkylation sites (N-methyl/N-ethyl adjacent to an activating group) is 1. The van der Waals surface area contributed by atoms with Gasteiger partial charge < -0.3 is 30.4 Å². The van der Waals surface area contributed by atoms with Crippen molar-refractivity contribution < 1.29 is 34.1 Å². The summed E-state index contributed by atoms with van der Waals surface area (Å²) in [7, 11) is 6.86. The van der Waals surface area contributed by atoms with Gasteiger partial charge in [0.15, 0.2) is 17.0 Å². The highest BCUT2D eigenvalue weighted by Gasteiger charge is 2.64. The van der Waals surface area contributed by atoms with Gasteiger partial charge in [0.25, 0.3) is 5.91 Å². The fraction of sp³-hybridized carbons (Fsp3) is 0.345. The molecule has 212 valence electrons. The van der Waals surface area contributed by atoms with E-state index in [0.29, 0.717) is 22.5 Å². The number of aromatic nitrogens is 2. The molecule has 3 aliphatic carbocycles. The number of benzene rings is 1. The lowest BCUT2D eigenvalue weighted by atomic mass is 9.57. The van der Waals surface area contributed by atoms with Crippen LogP contribution in [0.25, 0.3) is 28.3 Å². The number of ketones is 2. The topological polar surface area (TPSA) is 183 Å². The predicted molar refractivity (Wildman–Crippen MR) is 148 cm³/mol. The van der Waals surface area contributed by atoms with Crippen LogP contribution >= 0.6 is 0 Å². The first-order valence-electron chi connectivity index (χ1n) is 13.1. The molecule has 2 heterocycles. The van der Waals surface area contributed by atoms with Crippen LogP contribution in [0.5, 0.6) is 0 Å². The molecular formula is C29H29N5O7. The summed E-state index contributed by atoms with van der Waals surface area (Å²) in [6.45, 7) is 0. The molecule has 0 saturated heterocycles. The number of pyridine rings is 1. The van der Waals surface area contributed by atoms with Crippen molar-refractivity contribution in [1.29, 1.82) is 0 Å². The molecular weight excluding hydrogens is 530 g/mol. The van der Waals surface area contributed by atoms with Crippen molar-refractivity contribution in [2.45, 2.75) is 24.5 Å². The Morgan fingerprint density at radius 3 is 2.44 bits per heavy atom. The molecule has 12 nitrogen and oxygen atoms in total. The second-order valence-corrected chi connectivity index (χ2v) is 11.2. The Hall–Kier alpha value is -4.55. The Kier molecular flexibility index (Phi) is 5.84. The number of anilines is 1. The molecule has 0 aliphatic heterocycles. The highest BCUT2D eigenvalue weighted by Crippen LogP contribution is 2.53. The van der Waals surface area contributed by atoms with Crippen molar-refractivity contribution in [3.8, 4) is 11.5 Å². The first kappa shape index (κ1) is 26.7. The number of carbonyl (C=O) groups excluding carboxylic acids is 3. The van der Waals surface area contributed by atoms with Crippen LogP contribution in [0.2, 0.25) is 0 Å². The quantitative estimate of drug-likeness (QED) is 0.340. The largest absolute Gasteiger partial charge is 0.508 e. The van der Waals surface area contributed by atoms with Gasteiger partial charge in [0.05, 0.1) is 11.6 Å². The lowest BCUT2D eigenvalue weighted by molar-refractivity contribution is -0.153. The number of nitrogens with two attached hydrogens (primary N) is 1. The summed E-state index contributed by atoms with van der Waals surface area (Å²) in [6, 6.07) is 4.20. The van der Waals surface area contributed by atoms with Crippen molar-refractivity contribution in [3.63, 3.8) is 0 Å². The number of aliphatic hydroxyl groups excluding tert-OH is 2. The van der Waals surface area contributed by atoms with Crippen molar-refractivity contribution in [2.75, 3.05) is 33.1 Å². The normalized spacial score (nSPS) is 25.9. The zero-order chi connectivity index (χ0) is 29.5. The van der Waals surface area contributed by atoms with Crippen LogP contribution in [0.15, 0.2) is 51.9 Å². The molecule has 1 aromatic carbocycles. The maximum atomic E-state index is 14.2. The molecule has 4 atom stereocenters. The zero-order valence-electron chi connectivity index (χ0n) is 22.9.